The lowest BCUT2D eigenvalue weighted by atomic mass is 10.4. The fourth-order valence-corrected chi connectivity index (χ4v) is 0.514. The van der Waals surface area contributed by atoms with Crippen molar-refractivity contribution in [1.82, 2.24) is 0 Å². The molecule has 0 bridgehead atoms. The third kappa shape index (κ3) is 5.21. The van der Waals surface area contributed by atoms with Gasteiger partial charge in [0.25, 0.3) is 0 Å². The first-order valence-corrected chi connectivity index (χ1v) is 3.32. The lowest BCUT2D eigenvalue weighted by Crippen LogP contribution is -1.93. The van der Waals surface area contributed by atoms with Crippen LogP contribution in [0.4, 0.5) is 0 Å². The maximum Gasteiger partial charge on any atom is 0.0495 e. The molecule has 0 radical (unpaired) electrons. The summed E-state index contributed by atoms with van der Waals surface area (Å²) in [4.78, 5) is 8.16. The van der Waals surface area contributed by atoms with E-state index < -0.39 is 0 Å². The third-order valence-corrected chi connectivity index (χ3v) is 0.868. The number of hydrogen-bond donors (Lipinski definition) is 0. The molecular weight excluding hydrogens is 112 g/mol. The van der Waals surface area contributed by atoms with Crippen molar-refractivity contribution in [2.45, 2.75) is 20.8 Å². The summed E-state index contributed by atoms with van der Waals surface area (Å²) in [5, 5.41) is 0. The van der Waals surface area contributed by atoms with Gasteiger partial charge in [-0.05, 0) is 20.8 Å². The summed E-state index contributed by atoms with van der Waals surface area (Å²) in [5.74, 6) is 0. The van der Waals surface area contributed by atoms with Crippen molar-refractivity contribution >= 4 is 11.9 Å². The average molecular weight is 126 g/mol. The Bertz CT molecular complexity index is 114. The van der Waals surface area contributed by atoms with Crippen LogP contribution in [-0.4, -0.2) is 25.0 Å². The molecule has 0 atom stereocenters. The van der Waals surface area contributed by atoms with Crippen LogP contribution in [0.1, 0.15) is 20.8 Å². The van der Waals surface area contributed by atoms with Crippen LogP contribution in [0.15, 0.2) is 9.98 Å². The highest BCUT2D eigenvalue weighted by atomic mass is 14.8. The predicted molar refractivity (Wildman–Crippen MR) is 42.7 cm³/mol. The summed E-state index contributed by atoms with van der Waals surface area (Å²) >= 11 is 0. The summed E-state index contributed by atoms with van der Waals surface area (Å²) in [6.07, 6.45) is 1.81. The lowest BCUT2D eigenvalue weighted by molar-refractivity contribution is 1.12. The van der Waals surface area contributed by atoms with Crippen molar-refractivity contribution in [3.05, 3.63) is 0 Å². The second-order valence-electron chi connectivity index (χ2n) is 1.74. The molecule has 0 aliphatic heterocycles. The maximum atomic E-state index is 4.13. The summed E-state index contributed by atoms with van der Waals surface area (Å²) in [6.45, 7) is 7.68. The largest absolute Gasteiger partial charge is 0.292 e. The molecule has 0 rings (SSSR count). The molecule has 2 heteroatoms. The number of aliphatic imine (C=N–C) groups is 2. The minimum absolute atomic E-state index is 0.844. The molecule has 0 fully saturated rings. The van der Waals surface area contributed by atoms with Crippen LogP contribution >= 0.6 is 0 Å². The molecule has 0 spiro atoms. The van der Waals surface area contributed by atoms with Crippen LogP contribution < -0.4 is 0 Å². The second kappa shape index (κ2) is 5.48. The molecule has 0 saturated heterocycles. The Morgan fingerprint density at radius 2 is 2.00 bits per heavy atom. The molecule has 0 aliphatic rings. The van der Waals surface area contributed by atoms with Crippen molar-refractivity contribution in [3.8, 4) is 0 Å². The smallest absolute Gasteiger partial charge is 0.0495 e. The Labute approximate surface area is 56.7 Å². The molecule has 0 unspecified atom stereocenters. The van der Waals surface area contributed by atoms with Crippen molar-refractivity contribution in [2.24, 2.45) is 9.98 Å². The van der Waals surface area contributed by atoms with Gasteiger partial charge in [0.15, 0.2) is 0 Å². The standard InChI is InChI=1S/C7H14N2/c1-4-8-6-7(3)9-5-2/h6H,4-5H2,1-3H3/b8-6+,9-7+. The SMILES string of the molecule is CC/N=C/C(C)=N/CC. The van der Waals surface area contributed by atoms with Crippen molar-refractivity contribution in [1.29, 1.82) is 0 Å². The molecule has 0 N–H and O–H groups in total. The first-order chi connectivity index (χ1) is 4.31. The van der Waals surface area contributed by atoms with Gasteiger partial charge < -0.3 is 0 Å². The van der Waals surface area contributed by atoms with E-state index in [4.69, 9.17) is 0 Å². The monoisotopic (exact) mass is 126 g/mol. The Kier molecular flexibility index (Phi) is 5.07. The van der Waals surface area contributed by atoms with Crippen LogP contribution in [-0.2, 0) is 0 Å². The summed E-state index contributed by atoms with van der Waals surface area (Å²) in [7, 11) is 0. The zero-order valence-electron chi connectivity index (χ0n) is 6.39. The molecule has 0 aliphatic carbocycles. The topological polar surface area (TPSA) is 24.7 Å². The van der Waals surface area contributed by atoms with Gasteiger partial charge in [-0.25, -0.2) is 0 Å². The third-order valence-electron chi connectivity index (χ3n) is 0.868. The van der Waals surface area contributed by atoms with Gasteiger partial charge in [-0.3, -0.25) is 9.98 Å². The summed E-state index contributed by atoms with van der Waals surface area (Å²) < 4.78 is 0. The highest BCUT2D eigenvalue weighted by Gasteiger charge is 1.78. The zero-order chi connectivity index (χ0) is 7.11. The fourth-order valence-electron chi connectivity index (χ4n) is 0.514. The van der Waals surface area contributed by atoms with E-state index in [0.717, 1.165) is 18.8 Å². The van der Waals surface area contributed by atoms with E-state index >= 15 is 0 Å². The molecule has 9 heavy (non-hydrogen) atoms. The molecule has 2 nitrogen and oxygen atoms in total. The van der Waals surface area contributed by atoms with Crippen molar-refractivity contribution in [3.63, 3.8) is 0 Å². The van der Waals surface area contributed by atoms with Crippen molar-refractivity contribution < 1.29 is 0 Å². The molecule has 0 aromatic heterocycles. The van der Waals surface area contributed by atoms with E-state index in [-0.39, 0.29) is 0 Å². The predicted octanol–water partition coefficient (Wildman–Crippen LogP) is 1.56. The van der Waals surface area contributed by atoms with E-state index in [9.17, 15) is 0 Å². The van der Waals surface area contributed by atoms with Gasteiger partial charge in [0, 0.05) is 25.0 Å². The van der Waals surface area contributed by atoms with Crippen LogP contribution in [0.5, 0.6) is 0 Å². The first-order valence-electron chi connectivity index (χ1n) is 3.32. The zero-order valence-corrected chi connectivity index (χ0v) is 6.39. The normalized spacial score (nSPS) is 13.0. The van der Waals surface area contributed by atoms with Crippen molar-refractivity contribution in [2.75, 3.05) is 13.1 Å². The summed E-state index contributed by atoms with van der Waals surface area (Å²) in [6, 6.07) is 0. The van der Waals surface area contributed by atoms with Crippen LogP contribution in [0.3, 0.4) is 0 Å². The van der Waals surface area contributed by atoms with Gasteiger partial charge in [-0.2, -0.15) is 0 Å². The highest BCUT2D eigenvalue weighted by molar-refractivity contribution is 6.29. The molecule has 0 heterocycles. The quantitative estimate of drug-likeness (QED) is 0.513. The first kappa shape index (κ1) is 8.34. The number of rotatable bonds is 3. The minimum atomic E-state index is 0.844. The van der Waals surface area contributed by atoms with Gasteiger partial charge in [0.1, 0.15) is 0 Å². The van der Waals surface area contributed by atoms with E-state index in [1.807, 2.05) is 27.0 Å². The molecule has 52 valence electrons. The highest BCUT2D eigenvalue weighted by Crippen LogP contribution is 1.73. The molecule has 0 amide bonds. The Morgan fingerprint density at radius 1 is 1.33 bits per heavy atom. The fraction of sp³-hybridized carbons (Fsp3) is 0.714. The number of nitrogens with zero attached hydrogens (tertiary/aromatic N) is 2. The van der Waals surface area contributed by atoms with E-state index in [1.165, 1.54) is 0 Å². The van der Waals surface area contributed by atoms with Gasteiger partial charge in [-0.15, -0.1) is 0 Å². The van der Waals surface area contributed by atoms with Gasteiger partial charge in [-0.1, -0.05) is 0 Å². The minimum Gasteiger partial charge on any atom is -0.292 e. The molecule has 0 saturated carbocycles. The molecule has 0 aromatic rings. The van der Waals surface area contributed by atoms with Crippen LogP contribution in [0, 0.1) is 0 Å². The Balaban J connectivity index is 3.60. The maximum absolute atomic E-state index is 4.13. The van der Waals surface area contributed by atoms with Crippen LogP contribution in [0.25, 0.3) is 0 Å². The van der Waals surface area contributed by atoms with E-state index in [2.05, 4.69) is 9.98 Å². The Hall–Kier alpha value is -0.660. The Morgan fingerprint density at radius 3 is 2.44 bits per heavy atom. The second-order valence-corrected chi connectivity index (χ2v) is 1.74. The van der Waals surface area contributed by atoms with E-state index in [0.29, 0.717) is 0 Å². The molecule has 0 aromatic carbocycles. The van der Waals surface area contributed by atoms with Gasteiger partial charge in [0.2, 0.25) is 0 Å². The number of hydrogen-bond acceptors (Lipinski definition) is 2. The average Bonchev–Trinajstić information content (AvgIpc) is 1.85. The van der Waals surface area contributed by atoms with Gasteiger partial charge in [0.05, 0.1) is 0 Å². The van der Waals surface area contributed by atoms with Crippen LogP contribution in [0.2, 0.25) is 0 Å². The summed E-state index contributed by atoms with van der Waals surface area (Å²) in [5.41, 5.74) is 1.01. The molecular formula is C7H14N2. The lowest BCUT2D eigenvalue weighted by Gasteiger charge is -1.86. The van der Waals surface area contributed by atoms with Gasteiger partial charge >= 0.3 is 0 Å². The van der Waals surface area contributed by atoms with E-state index in [1.54, 1.807) is 0 Å².